The first-order valence-corrected chi connectivity index (χ1v) is 12.0. The van der Waals surface area contributed by atoms with Crippen LogP contribution in [0.4, 0.5) is 5.82 Å². The summed E-state index contributed by atoms with van der Waals surface area (Å²) in [7, 11) is 0. The van der Waals surface area contributed by atoms with Gasteiger partial charge >= 0.3 is 0 Å². The third-order valence-electron chi connectivity index (χ3n) is 5.62. The number of pyridine rings is 2. The van der Waals surface area contributed by atoms with E-state index in [1.165, 1.54) is 44.9 Å². The zero-order valence-corrected chi connectivity index (χ0v) is 19.4. The molecule has 0 fully saturated rings. The van der Waals surface area contributed by atoms with Crippen LogP contribution in [0.3, 0.4) is 0 Å². The molecule has 0 aliphatic rings. The molecule has 172 valence electrons. The number of nitrogens with zero attached hydrogens (tertiary/aromatic N) is 4. The lowest BCUT2D eigenvalue weighted by atomic mass is 10.1. The van der Waals surface area contributed by atoms with Gasteiger partial charge in [-0.05, 0) is 37.1 Å². The molecule has 3 aromatic heterocycles. The van der Waals surface area contributed by atoms with Crippen LogP contribution in [0.15, 0.2) is 36.7 Å². The average Bonchev–Trinajstić information content (AvgIpc) is 3.19. The fourth-order valence-electron chi connectivity index (χ4n) is 3.80. The highest BCUT2D eigenvalue weighted by Gasteiger charge is 2.08. The molecule has 0 aliphatic heterocycles. The number of aromatic nitrogens is 4. The Morgan fingerprint density at radius 1 is 0.969 bits per heavy atom. The maximum Gasteiger partial charge on any atom is 0.255 e. The van der Waals surface area contributed by atoms with Gasteiger partial charge in [-0.25, -0.2) is 14.6 Å². The van der Waals surface area contributed by atoms with Crippen molar-refractivity contribution in [3.8, 4) is 0 Å². The molecule has 0 saturated heterocycles. The topological polar surface area (TPSA) is 98.7 Å². The standard InChI is InChI=1S/C24H33ClN6O/c25-21-14-13-19-18-29-31(23(19)30-21)17-10-8-6-4-2-1-3-5-7-9-15-28-24(32)20-12-11-16-27-22(20)26/h11-14,16,18H,1-10,15,17H2,(H2,26,27)(H,28,32). The molecular weight excluding hydrogens is 424 g/mol. The first-order chi connectivity index (χ1) is 15.6. The number of nitrogens with two attached hydrogens (primary N) is 1. The van der Waals surface area contributed by atoms with Gasteiger partial charge in [0.25, 0.3) is 5.91 Å². The molecule has 3 aromatic rings. The lowest BCUT2D eigenvalue weighted by Crippen LogP contribution is -2.25. The van der Waals surface area contributed by atoms with E-state index in [0.717, 1.165) is 36.8 Å². The predicted molar refractivity (Wildman–Crippen MR) is 130 cm³/mol. The molecular formula is C24H33ClN6O. The molecule has 3 N–H and O–H groups in total. The van der Waals surface area contributed by atoms with E-state index in [2.05, 4.69) is 20.4 Å². The summed E-state index contributed by atoms with van der Waals surface area (Å²) in [6, 6.07) is 7.18. The maximum atomic E-state index is 12.0. The van der Waals surface area contributed by atoms with Gasteiger partial charge in [-0.15, -0.1) is 0 Å². The molecule has 0 atom stereocenters. The van der Waals surface area contributed by atoms with Crippen molar-refractivity contribution in [2.24, 2.45) is 0 Å². The van der Waals surface area contributed by atoms with Gasteiger partial charge in [0.2, 0.25) is 0 Å². The maximum absolute atomic E-state index is 12.0. The fraction of sp³-hybridized carbons (Fsp3) is 0.500. The van der Waals surface area contributed by atoms with E-state index in [1.807, 2.05) is 16.9 Å². The van der Waals surface area contributed by atoms with Gasteiger partial charge in [-0.2, -0.15) is 5.10 Å². The monoisotopic (exact) mass is 456 g/mol. The summed E-state index contributed by atoms with van der Waals surface area (Å²) in [6.07, 6.45) is 15.5. The highest BCUT2D eigenvalue weighted by Crippen LogP contribution is 2.16. The molecule has 32 heavy (non-hydrogen) atoms. The molecule has 3 heterocycles. The first-order valence-electron chi connectivity index (χ1n) is 11.6. The van der Waals surface area contributed by atoms with E-state index in [4.69, 9.17) is 17.3 Å². The van der Waals surface area contributed by atoms with Gasteiger partial charge in [0.1, 0.15) is 11.0 Å². The normalized spacial score (nSPS) is 11.2. The van der Waals surface area contributed by atoms with Crippen molar-refractivity contribution in [1.82, 2.24) is 25.1 Å². The number of unbranched alkanes of at least 4 members (excludes halogenated alkanes) is 9. The van der Waals surface area contributed by atoms with Crippen molar-refractivity contribution in [3.05, 3.63) is 47.4 Å². The molecule has 0 bridgehead atoms. The Morgan fingerprint density at radius 3 is 2.38 bits per heavy atom. The molecule has 0 unspecified atom stereocenters. The second-order valence-corrected chi connectivity index (χ2v) is 8.53. The van der Waals surface area contributed by atoms with Crippen LogP contribution in [-0.4, -0.2) is 32.2 Å². The Balaban J connectivity index is 1.14. The highest BCUT2D eigenvalue weighted by atomic mass is 35.5. The molecule has 0 aliphatic carbocycles. The van der Waals surface area contributed by atoms with Crippen LogP contribution < -0.4 is 11.1 Å². The molecule has 0 aromatic carbocycles. The number of nitrogens with one attached hydrogen (secondary N) is 1. The zero-order chi connectivity index (χ0) is 22.6. The summed E-state index contributed by atoms with van der Waals surface area (Å²) < 4.78 is 1.95. The number of carbonyl (C=O) groups is 1. The second-order valence-electron chi connectivity index (χ2n) is 8.14. The lowest BCUT2D eigenvalue weighted by molar-refractivity contribution is 0.0953. The summed E-state index contributed by atoms with van der Waals surface area (Å²) in [5.74, 6) is 0.137. The smallest absolute Gasteiger partial charge is 0.255 e. The third-order valence-corrected chi connectivity index (χ3v) is 5.83. The SMILES string of the molecule is Nc1ncccc1C(=O)NCCCCCCCCCCCCn1ncc2ccc(Cl)nc21. The minimum absolute atomic E-state index is 0.142. The molecule has 0 radical (unpaired) electrons. The van der Waals surface area contributed by atoms with Crippen molar-refractivity contribution >= 4 is 34.4 Å². The second kappa shape index (κ2) is 13.0. The van der Waals surface area contributed by atoms with Crippen LogP contribution in [0.5, 0.6) is 0 Å². The Hall–Kier alpha value is -2.67. The predicted octanol–water partition coefficient (Wildman–Crippen LogP) is 5.39. The number of hydrogen-bond donors (Lipinski definition) is 2. The van der Waals surface area contributed by atoms with E-state index in [-0.39, 0.29) is 11.7 Å². The minimum atomic E-state index is -0.142. The number of anilines is 1. The summed E-state index contributed by atoms with van der Waals surface area (Å²) in [5, 5.41) is 8.89. The van der Waals surface area contributed by atoms with Gasteiger partial charge < -0.3 is 11.1 Å². The Kier molecular flexibility index (Phi) is 9.75. The number of amides is 1. The number of halogens is 1. The van der Waals surface area contributed by atoms with Gasteiger partial charge in [0, 0.05) is 24.7 Å². The average molecular weight is 457 g/mol. The van der Waals surface area contributed by atoms with Crippen LogP contribution in [0, 0.1) is 0 Å². The third kappa shape index (κ3) is 7.48. The molecule has 0 saturated carbocycles. The zero-order valence-electron chi connectivity index (χ0n) is 18.6. The van der Waals surface area contributed by atoms with Crippen molar-refractivity contribution < 1.29 is 4.79 Å². The van der Waals surface area contributed by atoms with Crippen LogP contribution in [-0.2, 0) is 6.54 Å². The molecule has 3 rings (SSSR count). The quantitative estimate of drug-likeness (QED) is 0.250. The Labute approximate surface area is 194 Å². The van der Waals surface area contributed by atoms with E-state index in [0.29, 0.717) is 17.3 Å². The number of nitrogen functional groups attached to an aromatic ring is 1. The van der Waals surface area contributed by atoms with E-state index in [9.17, 15) is 4.79 Å². The largest absolute Gasteiger partial charge is 0.383 e. The number of fused-ring (bicyclic) bond motifs is 1. The van der Waals surface area contributed by atoms with Crippen molar-refractivity contribution in [1.29, 1.82) is 0 Å². The molecule has 1 amide bonds. The number of carbonyl (C=O) groups excluding carboxylic acids is 1. The molecule has 7 nitrogen and oxygen atoms in total. The fourth-order valence-corrected chi connectivity index (χ4v) is 3.94. The van der Waals surface area contributed by atoms with Crippen molar-refractivity contribution in [2.75, 3.05) is 12.3 Å². The van der Waals surface area contributed by atoms with Crippen LogP contribution in [0.1, 0.15) is 74.6 Å². The summed E-state index contributed by atoms with van der Waals surface area (Å²) >= 11 is 5.99. The van der Waals surface area contributed by atoms with Crippen molar-refractivity contribution in [3.63, 3.8) is 0 Å². The Bertz CT molecular complexity index is 990. The van der Waals surface area contributed by atoms with E-state index in [1.54, 1.807) is 24.4 Å². The number of rotatable bonds is 14. The summed E-state index contributed by atoms with van der Waals surface area (Å²) in [5.41, 5.74) is 7.05. The summed E-state index contributed by atoms with van der Waals surface area (Å²) in [6.45, 7) is 1.57. The number of aryl methyl sites for hydroxylation is 1. The number of hydrogen-bond acceptors (Lipinski definition) is 5. The molecule has 8 heteroatoms. The van der Waals surface area contributed by atoms with E-state index >= 15 is 0 Å². The lowest BCUT2D eigenvalue weighted by Gasteiger charge is -2.07. The summed E-state index contributed by atoms with van der Waals surface area (Å²) in [4.78, 5) is 20.4. The Morgan fingerprint density at radius 2 is 1.66 bits per heavy atom. The van der Waals surface area contributed by atoms with Crippen LogP contribution in [0.2, 0.25) is 5.15 Å². The van der Waals surface area contributed by atoms with Crippen LogP contribution in [0.25, 0.3) is 11.0 Å². The first kappa shape index (κ1) is 24.0. The van der Waals surface area contributed by atoms with Gasteiger partial charge in [-0.1, -0.05) is 63.0 Å². The van der Waals surface area contributed by atoms with Crippen LogP contribution >= 0.6 is 11.6 Å². The van der Waals surface area contributed by atoms with Gasteiger partial charge in [0.05, 0.1) is 11.8 Å². The minimum Gasteiger partial charge on any atom is -0.383 e. The van der Waals surface area contributed by atoms with E-state index < -0.39 is 0 Å². The highest BCUT2D eigenvalue weighted by molar-refractivity contribution is 6.29. The molecule has 0 spiro atoms. The van der Waals surface area contributed by atoms with Gasteiger partial charge in [0.15, 0.2) is 5.65 Å². The van der Waals surface area contributed by atoms with Gasteiger partial charge in [-0.3, -0.25) is 4.79 Å². The van der Waals surface area contributed by atoms with Crippen molar-refractivity contribution in [2.45, 2.75) is 70.8 Å².